The van der Waals surface area contributed by atoms with Crippen molar-refractivity contribution in [3.8, 4) is 16.9 Å². The highest BCUT2D eigenvalue weighted by atomic mass is 32.2. The molecule has 0 aliphatic heterocycles. The minimum Gasteiger partial charge on any atom is -0.495 e. The second-order valence-corrected chi connectivity index (χ2v) is 4.89. The molecule has 0 heterocycles. The molecule has 0 aliphatic carbocycles. The number of methoxy groups -OCH3 is 1. The maximum absolute atomic E-state index is 10.9. The van der Waals surface area contributed by atoms with Gasteiger partial charge in [0.2, 0.25) is 9.84 Å². The van der Waals surface area contributed by atoms with Gasteiger partial charge in [-0.2, -0.15) is 0 Å². The molecule has 0 saturated heterocycles. The molecule has 0 radical (unpaired) electrons. The van der Waals surface area contributed by atoms with Crippen molar-refractivity contribution in [2.75, 3.05) is 13.4 Å². The summed E-state index contributed by atoms with van der Waals surface area (Å²) in [6.07, 6.45) is 0.970. The van der Waals surface area contributed by atoms with Gasteiger partial charge in [0.1, 0.15) is 5.75 Å². The Morgan fingerprint density at radius 3 is 2.53 bits per heavy atom. The van der Waals surface area contributed by atoms with E-state index in [2.05, 4.69) is 5.92 Å². The summed E-state index contributed by atoms with van der Waals surface area (Å²) >= 11 is 0. The van der Waals surface area contributed by atoms with Crippen molar-refractivity contribution in [1.29, 1.82) is 0 Å². The molecule has 0 spiro atoms. The lowest BCUT2D eigenvalue weighted by molar-refractivity contribution is -0.384. The van der Waals surface area contributed by atoms with Crippen LogP contribution in [0.2, 0.25) is 0 Å². The first-order chi connectivity index (χ1) is 7.83. The summed E-state index contributed by atoms with van der Waals surface area (Å²) in [5.74, 6) is 2.55. The Labute approximate surface area is 98.3 Å². The van der Waals surface area contributed by atoms with Gasteiger partial charge in [0.25, 0.3) is 5.69 Å². The van der Waals surface area contributed by atoms with E-state index in [0.717, 1.165) is 6.26 Å². The first-order valence-electron chi connectivity index (χ1n) is 4.38. The lowest BCUT2D eigenvalue weighted by Crippen LogP contribution is -1.94. The smallest absolute Gasteiger partial charge is 0.273 e. The molecule has 0 aliphatic rings. The summed E-state index contributed by atoms with van der Waals surface area (Å²) < 4.78 is 26.6. The Kier molecular flexibility index (Phi) is 3.70. The first-order valence-corrected chi connectivity index (χ1v) is 6.28. The summed E-state index contributed by atoms with van der Waals surface area (Å²) in [5, 5.41) is 12.5. The molecule has 0 unspecified atom stereocenters. The van der Waals surface area contributed by atoms with E-state index in [1.54, 1.807) is 0 Å². The number of benzene rings is 1. The van der Waals surface area contributed by atoms with Gasteiger partial charge in [-0.3, -0.25) is 10.1 Å². The minimum absolute atomic E-state index is 0.147. The zero-order chi connectivity index (χ0) is 13.1. The molecule has 0 saturated carbocycles. The quantitative estimate of drug-likeness (QED) is 0.446. The lowest BCUT2D eigenvalue weighted by Gasteiger charge is -2.02. The molecule has 1 aromatic carbocycles. The fourth-order valence-corrected chi connectivity index (χ4v) is 1.34. The number of rotatable bonds is 2. The van der Waals surface area contributed by atoms with E-state index in [1.807, 2.05) is 5.25 Å². The van der Waals surface area contributed by atoms with Crippen LogP contribution in [0.3, 0.4) is 0 Å². The van der Waals surface area contributed by atoms with E-state index in [-0.39, 0.29) is 17.0 Å². The highest BCUT2D eigenvalue weighted by Crippen LogP contribution is 2.23. The van der Waals surface area contributed by atoms with Crippen LogP contribution in [0.15, 0.2) is 18.2 Å². The van der Waals surface area contributed by atoms with Crippen molar-refractivity contribution in [1.82, 2.24) is 0 Å². The zero-order valence-corrected chi connectivity index (χ0v) is 9.95. The van der Waals surface area contributed by atoms with Crippen molar-refractivity contribution in [2.24, 2.45) is 0 Å². The molecular formula is C10H9NO5S. The molecule has 0 amide bonds. The number of nitro benzene ring substituents is 1. The van der Waals surface area contributed by atoms with Gasteiger partial charge in [-0.15, -0.1) is 0 Å². The molecule has 90 valence electrons. The molecule has 0 aromatic heterocycles. The van der Waals surface area contributed by atoms with Gasteiger partial charge in [-0.1, -0.05) is 0 Å². The van der Waals surface area contributed by atoms with Crippen LogP contribution in [0.25, 0.3) is 0 Å². The van der Waals surface area contributed by atoms with Crippen LogP contribution in [0.1, 0.15) is 5.56 Å². The largest absolute Gasteiger partial charge is 0.495 e. The maximum Gasteiger partial charge on any atom is 0.273 e. The Hall–Kier alpha value is -2.07. The number of nitrogens with zero attached hydrogens (tertiary/aromatic N) is 1. The zero-order valence-electron chi connectivity index (χ0n) is 9.13. The van der Waals surface area contributed by atoms with Crippen molar-refractivity contribution >= 4 is 15.5 Å². The van der Waals surface area contributed by atoms with Crippen molar-refractivity contribution in [3.05, 3.63) is 33.9 Å². The molecule has 0 fully saturated rings. The van der Waals surface area contributed by atoms with Crippen molar-refractivity contribution in [3.63, 3.8) is 0 Å². The maximum atomic E-state index is 10.9. The third-order valence-corrected chi connectivity index (χ3v) is 2.24. The average Bonchev–Trinajstić information content (AvgIpc) is 2.24. The van der Waals surface area contributed by atoms with Crippen LogP contribution in [-0.4, -0.2) is 26.7 Å². The highest BCUT2D eigenvalue weighted by Gasteiger charge is 2.10. The molecule has 0 bridgehead atoms. The number of nitro groups is 1. The molecule has 0 atom stereocenters. The summed E-state index contributed by atoms with van der Waals surface area (Å²) in [6, 6.07) is 3.76. The molecule has 1 rings (SSSR count). The lowest BCUT2D eigenvalue weighted by atomic mass is 10.2. The van der Waals surface area contributed by atoms with Crippen LogP contribution >= 0.6 is 0 Å². The normalized spacial score (nSPS) is 10.2. The summed E-state index contributed by atoms with van der Waals surface area (Å²) in [6.45, 7) is 0. The van der Waals surface area contributed by atoms with Gasteiger partial charge < -0.3 is 4.74 Å². The molecule has 7 heteroatoms. The summed E-state index contributed by atoms with van der Waals surface area (Å²) in [5.41, 5.74) is 0.135. The predicted molar refractivity (Wildman–Crippen MR) is 61.4 cm³/mol. The van der Waals surface area contributed by atoms with E-state index in [0.29, 0.717) is 0 Å². The fourth-order valence-electron chi connectivity index (χ4n) is 1.04. The van der Waals surface area contributed by atoms with Crippen LogP contribution in [0.5, 0.6) is 5.75 Å². The van der Waals surface area contributed by atoms with Gasteiger partial charge in [-0.05, 0) is 12.0 Å². The Bertz CT molecular complexity index is 609. The van der Waals surface area contributed by atoms with Gasteiger partial charge >= 0.3 is 0 Å². The molecule has 6 nitrogen and oxygen atoms in total. The van der Waals surface area contributed by atoms with E-state index >= 15 is 0 Å². The standard InChI is InChI=1S/C10H9NO5S/c1-16-10-7-9(11(12)13)4-3-8(10)5-6-17(2,14)15/h3-4,7H,1-2H3. The highest BCUT2D eigenvalue weighted by molar-refractivity contribution is 7.95. The number of hydrogen-bond acceptors (Lipinski definition) is 5. The SMILES string of the molecule is COc1cc([N+](=O)[O-])ccc1C#CS(C)(=O)=O. The van der Waals surface area contributed by atoms with E-state index < -0.39 is 14.8 Å². The number of ether oxygens (including phenoxy) is 1. The monoisotopic (exact) mass is 255 g/mol. The Morgan fingerprint density at radius 1 is 1.41 bits per heavy atom. The molecular weight excluding hydrogens is 246 g/mol. The predicted octanol–water partition coefficient (Wildman–Crippen LogP) is 0.957. The van der Waals surface area contributed by atoms with E-state index in [1.165, 1.54) is 25.3 Å². The molecule has 17 heavy (non-hydrogen) atoms. The average molecular weight is 255 g/mol. The van der Waals surface area contributed by atoms with Gasteiger partial charge in [0.15, 0.2) is 0 Å². The Balaban J connectivity index is 3.26. The minimum atomic E-state index is -3.42. The van der Waals surface area contributed by atoms with Gasteiger partial charge in [0, 0.05) is 11.3 Å². The van der Waals surface area contributed by atoms with Crippen LogP contribution in [0, 0.1) is 21.3 Å². The molecule has 1 aromatic rings. The third-order valence-electron chi connectivity index (χ3n) is 1.77. The van der Waals surface area contributed by atoms with Gasteiger partial charge in [-0.25, -0.2) is 8.42 Å². The first kappa shape index (κ1) is 13.0. The second-order valence-electron chi connectivity index (χ2n) is 3.14. The fraction of sp³-hybridized carbons (Fsp3) is 0.200. The number of hydrogen-bond donors (Lipinski definition) is 0. The third kappa shape index (κ3) is 3.77. The van der Waals surface area contributed by atoms with Crippen molar-refractivity contribution < 1.29 is 18.1 Å². The Morgan fingerprint density at radius 2 is 2.06 bits per heavy atom. The van der Waals surface area contributed by atoms with Crippen LogP contribution < -0.4 is 4.74 Å². The van der Waals surface area contributed by atoms with Crippen LogP contribution in [0.4, 0.5) is 5.69 Å². The number of sulfone groups is 1. The summed E-state index contributed by atoms with van der Waals surface area (Å²) in [7, 11) is -2.10. The molecule has 0 N–H and O–H groups in total. The topological polar surface area (TPSA) is 86.5 Å². The summed E-state index contributed by atoms with van der Waals surface area (Å²) in [4.78, 5) is 9.94. The second kappa shape index (κ2) is 4.84. The van der Waals surface area contributed by atoms with E-state index in [4.69, 9.17) is 4.74 Å². The number of non-ortho nitro benzene ring substituents is 1. The van der Waals surface area contributed by atoms with Crippen LogP contribution in [-0.2, 0) is 9.84 Å². The van der Waals surface area contributed by atoms with Crippen molar-refractivity contribution in [2.45, 2.75) is 0 Å². The van der Waals surface area contributed by atoms with Gasteiger partial charge in [0.05, 0.1) is 29.9 Å². The van der Waals surface area contributed by atoms with E-state index in [9.17, 15) is 18.5 Å².